The second kappa shape index (κ2) is 11.0. The number of unbranched alkanes of at least 4 members (excludes halogenated alkanes) is 1. The second-order valence-corrected chi connectivity index (χ2v) is 6.92. The van der Waals surface area contributed by atoms with E-state index in [9.17, 15) is 4.79 Å². The van der Waals surface area contributed by atoms with Gasteiger partial charge in [0.15, 0.2) is 11.5 Å². The van der Waals surface area contributed by atoms with Crippen molar-refractivity contribution in [2.24, 2.45) is 0 Å². The van der Waals surface area contributed by atoms with Gasteiger partial charge in [0.05, 0.1) is 24.8 Å². The van der Waals surface area contributed by atoms with Gasteiger partial charge in [-0.15, -0.1) is 0 Å². The molecule has 6 heteroatoms. The minimum absolute atomic E-state index is 0.0753. The molecule has 1 heterocycles. The quantitative estimate of drug-likeness (QED) is 0.383. The van der Waals surface area contributed by atoms with Crippen molar-refractivity contribution in [2.45, 2.75) is 32.7 Å². The Bertz CT molecular complexity index is 994. The Balaban J connectivity index is 1.57. The SMILES string of the molecule is C/C=C/C(=O)NCCc1nc2ccccc2n1CCCCOc1ccccc1OC. The molecule has 0 unspecified atom stereocenters. The maximum absolute atomic E-state index is 11.6. The molecular weight excluding hydrogens is 378 g/mol. The zero-order valence-electron chi connectivity index (χ0n) is 17.6. The molecule has 0 saturated heterocycles. The standard InChI is InChI=1S/C24H29N3O3/c1-3-10-24(28)25-16-15-23-26-19-11-4-5-12-20(19)27(23)17-8-9-18-30-22-14-7-6-13-21(22)29-2/h3-7,10-14H,8-9,15-18H2,1-2H3,(H,25,28)/b10-3+. The number of imidazole rings is 1. The van der Waals surface area contributed by atoms with Crippen molar-refractivity contribution >= 4 is 16.9 Å². The van der Waals surface area contributed by atoms with Crippen LogP contribution in [0.2, 0.25) is 0 Å². The first-order chi connectivity index (χ1) is 14.7. The number of carbonyl (C=O) groups excluding carboxylic acids is 1. The molecular formula is C24H29N3O3. The van der Waals surface area contributed by atoms with Crippen LogP contribution in [0.3, 0.4) is 0 Å². The average molecular weight is 408 g/mol. The lowest BCUT2D eigenvalue weighted by Gasteiger charge is -2.12. The van der Waals surface area contributed by atoms with Gasteiger partial charge in [-0.05, 0) is 50.1 Å². The van der Waals surface area contributed by atoms with Gasteiger partial charge in [-0.25, -0.2) is 4.98 Å². The van der Waals surface area contributed by atoms with Crippen LogP contribution in [0.15, 0.2) is 60.7 Å². The Labute approximate surface area is 177 Å². The molecule has 0 aliphatic carbocycles. The summed E-state index contributed by atoms with van der Waals surface area (Å²) in [5.41, 5.74) is 2.11. The molecule has 2 aromatic carbocycles. The molecule has 0 aliphatic rings. The number of rotatable bonds is 11. The van der Waals surface area contributed by atoms with Gasteiger partial charge < -0.3 is 19.4 Å². The van der Waals surface area contributed by atoms with E-state index in [1.165, 1.54) is 6.08 Å². The predicted molar refractivity (Wildman–Crippen MR) is 119 cm³/mol. The lowest BCUT2D eigenvalue weighted by Crippen LogP contribution is -2.24. The Hall–Kier alpha value is -3.28. The fraction of sp³-hybridized carbons (Fsp3) is 0.333. The highest BCUT2D eigenvalue weighted by Crippen LogP contribution is 2.26. The van der Waals surface area contributed by atoms with Crippen LogP contribution in [-0.2, 0) is 17.8 Å². The second-order valence-electron chi connectivity index (χ2n) is 6.92. The molecule has 6 nitrogen and oxygen atoms in total. The third-order valence-electron chi connectivity index (χ3n) is 4.80. The number of allylic oxidation sites excluding steroid dienone is 1. The highest BCUT2D eigenvalue weighted by molar-refractivity contribution is 5.87. The fourth-order valence-electron chi connectivity index (χ4n) is 3.37. The summed E-state index contributed by atoms with van der Waals surface area (Å²) in [7, 11) is 1.65. The summed E-state index contributed by atoms with van der Waals surface area (Å²) in [5.74, 6) is 2.43. The van der Waals surface area contributed by atoms with Crippen molar-refractivity contribution in [1.29, 1.82) is 0 Å². The number of benzene rings is 2. The van der Waals surface area contributed by atoms with Gasteiger partial charge in [0.2, 0.25) is 5.91 Å². The minimum Gasteiger partial charge on any atom is -0.493 e. The summed E-state index contributed by atoms with van der Waals surface area (Å²) in [6.45, 7) is 3.87. The number of aryl methyl sites for hydroxylation is 1. The molecule has 0 fully saturated rings. The number of amides is 1. The number of hydrogen-bond acceptors (Lipinski definition) is 4. The van der Waals surface area contributed by atoms with Gasteiger partial charge in [-0.1, -0.05) is 30.3 Å². The Morgan fingerprint density at radius 1 is 1.10 bits per heavy atom. The first kappa shape index (κ1) is 21.4. The smallest absolute Gasteiger partial charge is 0.243 e. The van der Waals surface area contributed by atoms with Gasteiger partial charge >= 0.3 is 0 Å². The largest absolute Gasteiger partial charge is 0.493 e. The molecule has 0 bridgehead atoms. The van der Waals surface area contributed by atoms with Crippen molar-refractivity contribution in [1.82, 2.24) is 14.9 Å². The van der Waals surface area contributed by atoms with Crippen molar-refractivity contribution in [3.05, 3.63) is 66.5 Å². The molecule has 1 aromatic heterocycles. The number of nitrogens with zero attached hydrogens (tertiary/aromatic N) is 2. The van der Waals surface area contributed by atoms with E-state index in [1.54, 1.807) is 13.2 Å². The molecule has 1 amide bonds. The van der Waals surface area contributed by atoms with Gasteiger partial charge in [0.25, 0.3) is 0 Å². The number of methoxy groups -OCH3 is 1. The van der Waals surface area contributed by atoms with E-state index in [0.717, 1.165) is 47.7 Å². The third-order valence-corrected chi connectivity index (χ3v) is 4.80. The highest BCUT2D eigenvalue weighted by Gasteiger charge is 2.10. The van der Waals surface area contributed by atoms with Crippen LogP contribution < -0.4 is 14.8 Å². The van der Waals surface area contributed by atoms with Crippen LogP contribution in [0.4, 0.5) is 0 Å². The van der Waals surface area contributed by atoms with E-state index in [-0.39, 0.29) is 5.91 Å². The summed E-state index contributed by atoms with van der Waals surface area (Å²) >= 11 is 0. The molecule has 3 rings (SSSR count). The van der Waals surface area contributed by atoms with E-state index in [4.69, 9.17) is 14.5 Å². The maximum Gasteiger partial charge on any atom is 0.243 e. The first-order valence-electron chi connectivity index (χ1n) is 10.3. The minimum atomic E-state index is -0.0753. The van der Waals surface area contributed by atoms with E-state index in [0.29, 0.717) is 19.6 Å². The third kappa shape index (κ3) is 5.63. The summed E-state index contributed by atoms with van der Waals surface area (Å²) < 4.78 is 13.4. The van der Waals surface area contributed by atoms with E-state index in [2.05, 4.69) is 16.0 Å². The molecule has 0 aliphatic heterocycles. The van der Waals surface area contributed by atoms with Crippen LogP contribution in [0.25, 0.3) is 11.0 Å². The van der Waals surface area contributed by atoms with Crippen molar-refractivity contribution in [2.75, 3.05) is 20.3 Å². The van der Waals surface area contributed by atoms with Crippen LogP contribution >= 0.6 is 0 Å². The van der Waals surface area contributed by atoms with Crippen molar-refractivity contribution in [3.63, 3.8) is 0 Å². The molecule has 158 valence electrons. The monoisotopic (exact) mass is 407 g/mol. The number of para-hydroxylation sites is 4. The van der Waals surface area contributed by atoms with Gasteiger partial charge in [0, 0.05) is 19.5 Å². The first-order valence-corrected chi connectivity index (χ1v) is 10.3. The topological polar surface area (TPSA) is 65.4 Å². The zero-order valence-corrected chi connectivity index (χ0v) is 17.6. The molecule has 1 N–H and O–H groups in total. The van der Waals surface area contributed by atoms with E-state index < -0.39 is 0 Å². The Kier molecular flexibility index (Phi) is 7.89. The van der Waals surface area contributed by atoms with Crippen molar-refractivity contribution in [3.8, 4) is 11.5 Å². The predicted octanol–water partition coefficient (Wildman–Crippen LogP) is 4.14. The number of carbonyl (C=O) groups is 1. The molecule has 0 spiro atoms. The number of nitrogens with one attached hydrogen (secondary N) is 1. The van der Waals surface area contributed by atoms with Crippen LogP contribution in [0.1, 0.15) is 25.6 Å². The van der Waals surface area contributed by atoms with Gasteiger partial charge in [-0.2, -0.15) is 0 Å². The average Bonchev–Trinajstić information content (AvgIpc) is 3.11. The zero-order chi connectivity index (χ0) is 21.2. The van der Waals surface area contributed by atoms with E-state index in [1.807, 2.05) is 49.4 Å². The Morgan fingerprint density at radius 2 is 1.87 bits per heavy atom. The number of hydrogen-bond donors (Lipinski definition) is 1. The fourth-order valence-corrected chi connectivity index (χ4v) is 3.37. The lowest BCUT2D eigenvalue weighted by molar-refractivity contribution is -0.116. The summed E-state index contributed by atoms with van der Waals surface area (Å²) in [6, 6.07) is 15.8. The lowest BCUT2D eigenvalue weighted by atomic mass is 10.2. The summed E-state index contributed by atoms with van der Waals surface area (Å²) in [5, 5.41) is 2.90. The van der Waals surface area contributed by atoms with Crippen molar-refractivity contribution < 1.29 is 14.3 Å². The normalized spacial score (nSPS) is 11.1. The van der Waals surface area contributed by atoms with Gasteiger partial charge in [-0.3, -0.25) is 4.79 Å². The maximum atomic E-state index is 11.6. The molecule has 0 radical (unpaired) electrons. The molecule has 3 aromatic rings. The molecule has 30 heavy (non-hydrogen) atoms. The molecule has 0 atom stereocenters. The van der Waals surface area contributed by atoms with Crippen LogP contribution in [-0.4, -0.2) is 35.7 Å². The summed E-state index contributed by atoms with van der Waals surface area (Å²) in [4.78, 5) is 16.4. The highest BCUT2D eigenvalue weighted by atomic mass is 16.5. The number of aromatic nitrogens is 2. The molecule has 0 saturated carbocycles. The van der Waals surface area contributed by atoms with Crippen LogP contribution in [0, 0.1) is 0 Å². The summed E-state index contributed by atoms with van der Waals surface area (Å²) in [6.07, 6.45) is 5.84. The van der Waals surface area contributed by atoms with E-state index >= 15 is 0 Å². The van der Waals surface area contributed by atoms with Crippen LogP contribution in [0.5, 0.6) is 11.5 Å². The number of ether oxygens (including phenoxy) is 2. The van der Waals surface area contributed by atoms with Gasteiger partial charge in [0.1, 0.15) is 5.82 Å². The number of fused-ring (bicyclic) bond motifs is 1. The Morgan fingerprint density at radius 3 is 2.67 bits per heavy atom.